The normalized spacial score (nSPS) is 12.4. The maximum Gasteiger partial charge on any atom is 0.0219 e. The van der Waals surface area contributed by atoms with E-state index in [-0.39, 0.29) is 0 Å². The van der Waals surface area contributed by atoms with Gasteiger partial charge in [0.1, 0.15) is 0 Å². The van der Waals surface area contributed by atoms with Crippen LogP contribution in [-0.4, -0.2) is 6.04 Å². The van der Waals surface area contributed by atoms with Gasteiger partial charge in [-0.25, -0.2) is 0 Å². The molecule has 0 fully saturated rings. The molecule has 0 aromatic heterocycles. The fourth-order valence-corrected chi connectivity index (χ4v) is 1.56. The predicted molar refractivity (Wildman–Crippen MR) is 62.6 cm³/mol. The van der Waals surface area contributed by atoms with Gasteiger partial charge in [-0.2, -0.15) is 0 Å². The van der Waals surface area contributed by atoms with Crippen molar-refractivity contribution in [3.05, 3.63) is 0 Å². The van der Waals surface area contributed by atoms with E-state index in [4.69, 9.17) is 12.3 Å². The lowest BCUT2D eigenvalue weighted by molar-refractivity contribution is 0.443. The fraction of sp³-hybridized carbons (Fsp3) is 0.833. The van der Waals surface area contributed by atoms with Crippen molar-refractivity contribution in [1.29, 1.82) is 0 Å². The third-order valence-corrected chi connectivity index (χ3v) is 2.53. The molecule has 0 aromatic carbocycles. The lowest BCUT2D eigenvalue weighted by Gasteiger charge is -2.13. The molecule has 3 N–H and O–H groups in total. The van der Waals surface area contributed by atoms with Gasteiger partial charge in [-0.15, -0.1) is 12.3 Å². The molecular formula is C12H24N2. The average molecular weight is 196 g/mol. The zero-order valence-corrected chi connectivity index (χ0v) is 9.39. The van der Waals surface area contributed by atoms with Crippen LogP contribution in [-0.2, 0) is 0 Å². The van der Waals surface area contributed by atoms with Crippen molar-refractivity contribution < 1.29 is 0 Å². The van der Waals surface area contributed by atoms with Gasteiger partial charge in [0.2, 0.25) is 0 Å². The highest BCUT2D eigenvalue weighted by molar-refractivity contribution is 4.85. The second kappa shape index (κ2) is 10.6. The number of terminal acetylenes is 1. The molecule has 14 heavy (non-hydrogen) atoms. The first-order valence-electron chi connectivity index (χ1n) is 5.74. The zero-order chi connectivity index (χ0) is 10.6. The molecule has 2 heteroatoms. The van der Waals surface area contributed by atoms with Crippen LogP contribution in [0.15, 0.2) is 0 Å². The third-order valence-electron chi connectivity index (χ3n) is 2.53. The fourth-order valence-electron chi connectivity index (χ4n) is 1.56. The first-order chi connectivity index (χ1) is 6.85. The van der Waals surface area contributed by atoms with Crippen molar-refractivity contribution in [3.63, 3.8) is 0 Å². The van der Waals surface area contributed by atoms with E-state index in [1.54, 1.807) is 0 Å². The molecule has 0 spiro atoms. The van der Waals surface area contributed by atoms with Crippen LogP contribution < -0.4 is 11.3 Å². The van der Waals surface area contributed by atoms with Crippen molar-refractivity contribution in [2.24, 2.45) is 5.84 Å². The quantitative estimate of drug-likeness (QED) is 0.257. The summed E-state index contributed by atoms with van der Waals surface area (Å²) in [5, 5.41) is 0. The summed E-state index contributed by atoms with van der Waals surface area (Å²) < 4.78 is 0. The molecule has 0 saturated heterocycles. The Morgan fingerprint density at radius 1 is 1.21 bits per heavy atom. The number of nitrogens with two attached hydrogens (primary N) is 1. The van der Waals surface area contributed by atoms with Crippen LogP contribution in [0.2, 0.25) is 0 Å². The van der Waals surface area contributed by atoms with Gasteiger partial charge < -0.3 is 0 Å². The second-order valence-electron chi connectivity index (χ2n) is 3.81. The molecule has 0 aromatic rings. The van der Waals surface area contributed by atoms with Crippen LogP contribution in [0.1, 0.15) is 58.3 Å². The average Bonchev–Trinajstić information content (AvgIpc) is 2.22. The maximum absolute atomic E-state index is 5.44. The molecule has 2 nitrogen and oxygen atoms in total. The molecule has 1 atom stereocenters. The third kappa shape index (κ3) is 8.10. The van der Waals surface area contributed by atoms with Crippen LogP contribution in [0.25, 0.3) is 0 Å². The summed E-state index contributed by atoms with van der Waals surface area (Å²) >= 11 is 0. The van der Waals surface area contributed by atoms with Crippen molar-refractivity contribution in [2.45, 2.75) is 64.3 Å². The second-order valence-corrected chi connectivity index (χ2v) is 3.81. The molecule has 0 radical (unpaired) electrons. The van der Waals surface area contributed by atoms with Crippen molar-refractivity contribution in [2.75, 3.05) is 0 Å². The Kier molecular flexibility index (Phi) is 10.2. The first-order valence-corrected chi connectivity index (χ1v) is 5.74. The molecule has 0 heterocycles. The molecule has 0 aliphatic heterocycles. The maximum atomic E-state index is 5.44. The topological polar surface area (TPSA) is 38.0 Å². The number of hydrogen-bond acceptors (Lipinski definition) is 2. The Balaban J connectivity index is 3.29. The van der Waals surface area contributed by atoms with Crippen molar-refractivity contribution >= 4 is 0 Å². The predicted octanol–water partition coefficient (Wildman–Crippen LogP) is 2.59. The van der Waals surface area contributed by atoms with Gasteiger partial charge in [0.25, 0.3) is 0 Å². The van der Waals surface area contributed by atoms with E-state index >= 15 is 0 Å². The Labute approximate surface area is 88.6 Å². The van der Waals surface area contributed by atoms with Crippen molar-refractivity contribution in [3.8, 4) is 12.3 Å². The minimum atomic E-state index is 0.410. The number of hydrogen-bond donors (Lipinski definition) is 2. The van der Waals surface area contributed by atoms with E-state index in [1.807, 2.05) is 0 Å². The van der Waals surface area contributed by atoms with E-state index in [0.29, 0.717) is 6.04 Å². The number of hydrazine groups is 1. The van der Waals surface area contributed by atoms with E-state index in [2.05, 4.69) is 18.3 Å². The van der Waals surface area contributed by atoms with Gasteiger partial charge in [0.05, 0.1) is 0 Å². The standard InChI is InChI=1S/C12H24N2/c1-3-5-7-8-9-11-12(14-13)10-6-4-2/h2,12,14H,3,5-11,13H2,1H3. The molecule has 0 aliphatic rings. The largest absolute Gasteiger partial charge is 0.271 e. The minimum absolute atomic E-state index is 0.410. The summed E-state index contributed by atoms with van der Waals surface area (Å²) in [7, 11) is 0. The molecule has 1 unspecified atom stereocenters. The van der Waals surface area contributed by atoms with Crippen LogP contribution in [0.3, 0.4) is 0 Å². The highest BCUT2D eigenvalue weighted by Crippen LogP contribution is 2.09. The number of rotatable bonds is 9. The minimum Gasteiger partial charge on any atom is -0.271 e. The van der Waals surface area contributed by atoms with Gasteiger partial charge in [0.15, 0.2) is 0 Å². The molecule has 82 valence electrons. The molecule has 0 aliphatic carbocycles. The Bertz CT molecular complexity index is 149. The highest BCUT2D eigenvalue weighted by Gasteiger charge is 2.04. The monoisotopic (exact) mass is 196 g/mol. The molecule has 0 saturated carbocycles. The first kappa shape index (κ1) is 13.5. The number of nitrogens with one attached hydrogen (secondary N) is 1. The number of unbranched alkanes of at least 4 members (excludes halogenated alkanes) is 4. The molecular weight excluding hydrogens is 172 g/mol. The SMILES string of the molecule is C#CCCC(CCCCCCC)NN. The van der Waals surface area contributed by atoms with E-state index in [0.717, 1.165) is 19.3 Å². The lowest BCUT2D eigenvalue weighted by Crippen LogP contribution is -2.34. The van der Waals surface area contributed by atoms with E-state index in [1.165, 1.54) is 32.1 Å². The van der Waals surface area contributed by atoms with Crippen LogP contribution in [0, 0.1) is 12.3 Å². The van der Waals surface area contributed by atoms with Gasteiger partial charge in [-0.05, 0) is 12.8 Å². The molecule has 0 rings (SSSR count). The van der Waals surface area contributed by atoms with E-state index < -0.39 is 0 Å². The van der Waals surface area contributed by atoms with Gasteiger partial charge in [0, 0.05) is 12.5 Å². The summed E-state index contributed by atoms with van der Waals surface area (Å²) in [6.45, 7) is 2.23. The van der Waals surface area contributed by atoms with Crippen LogP contribution >= 0.6 is 0 Å². The summed E-state index contributed by atoms with van der Waals surface area (Å²) in [5.41, 5.74) is 2.83. The zero-order valence-electron chi connectivity index (χ0n) is 9.39. The van der Waals surface area contributed by atoms with Gasteiger partial charge >= 0.3 is 0 Å². The van der Waals surface area contributed by atoms with Crippen molar-refractivity contribution in [1.82, 2.24) is 5.43 Å². The highest BCUT2D eigenvalue weighted by atomic mass is 15.2. The smallest absolute Gasteiger partial charge is 0.0219 e. The van der Waals surface area contributed by atoms with Crippen LogP contribution in [0.5, 0.6) is 0 Å². The van der Waals surface area contributed by atoms with Crippen LogP contribution in [0.4, 0.5) is 0 Å². The van der Waals surface area contributed by atoms with Gasteiger partial charge in [-0.1, -0.05) is 39.0 Å². The Hall–Kier alpha value is -0.520. The molecule has 0 bridgehead atoms. The summed E-state index contributed by atoms with van der Waals surface area (Å²) in [5.74, 6) is 8.08. The summed E-state index contributed by atoms with van der Waals surface area (Å²) in [6.07, 6.45) is 14.8. The summed E-state index contributed by atoms with van der Waals surface area (Å²) in [4.78, 5) is 0. The molecule has 0 amide bonds. The van der Waals surface area contributed by atoms with E-state index in [9.17, 15) is 0 Å². The Morgan fingerprint density at radius 2 is 1.93 bits per heavy atom. The lowest BCUT2D eigenvalue weighted by atomic mass is 10.0. The van der Waals surface area contributed by atoms with Gasteiger partial charge in [-0.3, -0.25) is 11.3 Å². The summed E-state index contributed by atoms with van der Waals surface area (Å²) in [6, 6.07) is 0.410. The Morgan fingerprint density at radius 3 is 2.50 bits per heavy atom.